The lowest BCUT2D eigenvalue weighted by Crippen LogP contribution is -2.57. The smallest absolute Gasteiger partial charge is 0.372 e. The van der Waals surface area contributed by atoms with Crippen LogP contribution in [0, 0.1) is 0 Å². The summed E-state index contributed by atoms with van der Waals surface area (Å²) < 4.78 is 4.81. The van der Waals surface area contributed by atoms with Crippen LogP contribution in [0.3, 0.4) is 0 Å². The monoisotopic (exact) mass is 392 g/mol. The van der Waals surface area contributed by atoms with E-state index in [-0.39, 0.29) is 18.4 Å². The van der Waals surface area contributed by atoms with Gasteiger partial charge in [0.15, 0.2) is 5.92 Å². The Morgan fingerprint density at radius 1 is 1.18 bits per heavy atom. The number of carboxylic acid groups (broad SMARTS) is 2. The summed E-state index contributed by atoms with van der Waals surface area (Å²) in [6.07, 6.45) is -0.527. The number of carbonyl (C=O) groups is 5. The van der Waals surface area contributed by atoms with Crippen molar-refractivity contribution in [3.63, 3.8) is 0 Å². The van der Waals surface area contributed by atoms with Crippen molar-refractivity contribution in [2.75, 3.05) is 6.61 Å². The maximum atomic E-state index is 12.6. The molecule has 0 bridgehead atoms. The van der Waals surface area contributed by atoms with Crippen LogP contribution in [0.2, 0.25) is 0 Å². The van der Waals surface area contributed by atoms with Crippen LogP contribution in [0.15, 0.2) is 30.3 Å². The molecule has 11 heteroatoms. The number of carboxylic acids is 2. The van der Waals surface area contributed by atoms with Crippen LogP contribution >= 0.6 is 0 Å². The van der Waals surface area contributed by atoms with E-state index in [9.17, 15) is 34.2 Å². The predicted octanol–water partition coefficient (Wildman–Crippen LogP) is -0.769. The van der Waals surface area contributed by atoms with Crippen LogP contribution < -0.4 is 5.32 Å². The number of hydroxylamine groups is 2. The number of carbonyl (C=O) groups excluding carboxylic acids is 3. The molecular weight excluding hydrogens is 376 g/mol. The highest BCUT2D eigenvalue weighted by atomic mass is 16.7. The van der Waals surface area contributed by atoms with Gasteiger partial charge in [0.2, 0.25) is 5.91 Å². The minimum Gasteiger partial charge on any atom is -0.480 e. The lowest BCUT2D eigenvalue weighted by molar-refractivity contribution is -0.256. The van der Waals surface area contributed by atoms with E-state index in [0.29, 0.717) is 5.06 Å². The first-order valence-electron chi connectivity index (χ1n) is 8.26. The van der Waals surface area contributed by atoms with Crippen molar-refractivity contribution in [3.05, 3.63) is 35.9 Å². The van der Waals surface area contributed by atoms with Crippen molar-refractivity contribution in [3.8, 4) is 0 Å². The number of nitrogens with zero attached hydrogens (tertiary/aromatic N) is 1. The highest BCUT2D eigenvalue weighted by molar-refractivity contribution is 6.04. The number of benzene rings is 1. The van der Waals surface area contributed by atoms with Crippen LogP contribution in [-0.2, 0) is 33.5 Å². The van der Waals surface area contributed by atoms with Crippen LogP contribution in [0.4, 0.5) is 0 Å². The molecule has 0 saturated carbocycles. The molecule has 2 aliphatic heterocycles. The first kappa shape index (κ1) is 19.3. The van der Waals surface area contributed by atoms with Gasteiger partial charge < -0.3 is 20.3 Å². The lowest BCUT2D eigenvalue weighted by Gasteiger charge is -2.30. The highest BCUT2D eigenvalue weighted by Crippen LogP contribution is 2.34. The van der Waals surface area contributed by atoms with E-state index in [2.05, 4.69) is 5.32 Å². The molecule has 2 aliphatic rings. The first-order valence-corrected chi connectivity index (χ1v) is 8.26. The largest absolute Gasteiger partial charge is 0.480 e. The first-order chi connectivity index (χ1) is 13.3. The number of amides is 2. The van der Waals surface area contributed by atoms with E-state index < -0.39 is 54.0 Å². The second kappa shape index (κ2) is 7.27. The standard InChI is InChI=1S/C17H16N2O9/c20-11-6-7-17(28-11,16(25)26)19-14(22)10(8-27-19)18-13(21)12(15(23)24)9-4-2-1-3-5-9/h1-5,10,12H,6-8H2,(H,18,21)(H,23,24)(H,25,26)/t10-,12?,17?/m0/s1. The van der Waals surface area contributed by atoms with Gasteiger partial charge in [0.1, 0.15) is 12.6 Å². The number of ether oxygens (including phenoxy) is 1. The molecule has 1 aromatic rings. The van der Waals surface area contributed by atoms with E-state index >= 15 is 0 Å². The molecule has 0 aliphatic carbocycles. The maximum Gasteiger partial charge on any atom is 0.372 e. The molecule has 0 spiro atoms. The van der Waals surface area contributed by atoms with E-state index in [4.69, 9.17) is 9.57 Å². The second-order valence-corrected chi connectivity index (χ2v) is 6.24. The summed E-state index contributed by atoms with van der Waals surface area (Å²) in [6.45, 7) is -0.432. The summed E-state index contributed by atoms with van der Waals surface area (Å²) in [7, 11) is 0. The third-order valence-corrected chi connectivity index (χ3v) is 4.44. The van der Waals surface area contributed by atoms with Crippen molar-refractivity contribution in [1.29, 1.82) is 0 Å². The van der Waals surface area contributed by atoms with E-state index in [1.165, 1.54) is 12.1 Å². The molecule has 3 N–H and O–H groups in total. The van der Waals surface area contributed by atoms with Crippen molar-refractivity contribution in [1.82, 2.24) is 10.4 Å². The van der Waals surface area contributed by atoms with Crippen molar-refractivity contribution >= 4 is 29.7 Å². The molecule has 2 amide bonds. The fourth-order valence-electron chi connectivity index (χ4n) is 3.06. The fraction of sp³-hybridized carbons (Fsp3) is 0.353. The quantitative estimate of drug-likeness (QED) is 0.417. The van der Waals surface area contributed by atoms with Gasteiger partial charge in [0.25, 0.3) is 5.91 Å². The van der Waals surface area contributed by atoms with Crippen molar-refractivity contribution < 1.29 is 43.8 Å². The molecule has 0 aromatic heterocycles. The molecule has 3 rings (SSSR count). The average Bonchev–Trinajstić information content (AvgIpc) is 3.20. The predicted molar refractivity (Wildman–Crippen MR) is 87.2 cm³/mol. The Morgan fingerprint density at radius 2 is 1.86 bits per heavy atom. The zero-order valence-electron chi connectivity index (χ0n) is 14.4. The normalized spacial score (nSPS) is 25.3. The van der Waals surface area contributed by atoms with Gasteiger partial charge in [-0.25, -0.2) is 4.79 Å². The summed E-state index contributed by atoms with van der Waals surface area (Å²) in [4.78, 5) is 64.6. The Morgan fingerprint density at radius 3 is 2.39 bits per heavy atom. The number of esters is 1. The van der Waals surface area contributed by atoms with Gasteiger partial charge in [0.05, 0.1) is 6.42 Å². The van der Waals surface area contributed by atoms with Crippen LogP contribution in [0.25, 0.3) is 0 Å². The zero-order chi connectivity index (χ0) is 20.5. The Labute approximate surface area is 157 Å². The third-order valence-electron chi connectivity index (χ3n) is 4.44. The van der Waals surface area contributed by atoms with Gasteiger partial charge in [-0.15, -0.1) is 0 Å². The molecule has 2 fully saturated rings. The van der Waals surface area contributed by atoms with E-state index in [1.807, 2.05) is 0 Å². The Bertz CT molecular complexity index is 840. The van der Waals surface area contributed by atoms with Crippen LogP contribution in [0.5, 0.6) is 0 Å². The molecule has 2 heterocycles. The molecule has 11 nitrogen and oxygen atoms in total. The number of hydrogen-bond donors (Lipinski definition) is 3. The molecular formula is C17H16N2O9. The number of nitrogens with one attached hydrogen (secondary N) is 1. The molecule has 2 saturated heterocycles. The summed E-state index contributed by atoms with van der Waals surface area (Å²) in [5.74, 6) is -7.30. The van der Waals surface area contributed by atoms with Crippen LogP contribution in [0.1, 0.15) is 24.3 Å². The Hall–Kier alpha value is -3.47. The number of rotatable bonds is 6. The Kier molecular flexibility index (Phi) is 5.01. The lowest BCUT2D eigenvalue weighted by atomic mass is 9.98. The second-order valence-electron chi connectivity index (χ2n) is 6.24. The van der Waals surface area contributed by atoms with Crippen LogP contribution in [-0.4, -0.2) is 63.4 Å². The SMILES string of the molecule is O=C1CCC(C(=O)O)(N2OC[C@H](NC(=O)C(C(=O)O)c3ccccc3)C2=O)O1. The van der Waals surface area contributed by atoms with E-state index in [1.54, 1.807) is 18.2 Å². The number of aliphatic carboxylic acids is 2. The third kappa shape index (κ3) is 3.27. The average molecular weight is 392 g/mol. The topological polar surface area (TPSA) is 160 Å². The highest BCUT2D eigenvalue weighted by Gasteiger charge is 2.59. The van der Waals surface area contributed by atoms with Gasteiger partial charge in [-0.1, -0.05) is 30.3 Å². The molecule has 3 atom stereocenters. The Balaban J connectivity index is 1.76. The molecule has 0 radical (unpaired) electrons. The molecule has 1 aromatic carbocycles. The minimum absolute atomic E-state index is 0.211. The van der Waals surface area contributed by atoms with Gasteiger partial charge >= 0.3 is 23.6 Å². The van der Waals surface area contributed by atoms with Gasteiger partial charge in [0, 0.05) is 6.42 Å². The van der Waals surface area contributed by atoms with Gasteiger partial charge in [-0.05, 0) is 5.56 Å². The fourth-order valence-corrected chi connectivity index (χ4v) is 3.06. The minimum atomic E-state index is -2.31. The summed E-state index contributed by atoms with van der Waals surface area (Å²) in [5.41, 5.74) is -2.10. The molecule has 28 heavy (non-hydrogen) atoms. The number of cyclic esters (lactones) is 1. The van der Waals surface area contributed by atoms with E-state index in [0.717, 1.165) is 0 Å². The van der Waals surface area contributed by atoms with Crippen molar-refractivity contribution in [2.45, 2.75) is 30.5 Å². The molecule has 148 valence electrons. The number of hydrogen-bond acceptors (Lipinski definition) is 7. The zero-order valence-corrected chi connectivity index (χ0v) is 14.4. The molecule has 2 unspecified atom stereocenters. The van der Waals surface area contributed by atoms with Gasteiger partial charge in [-0.2, -0.15) is 5.06 Å². The summed E-state index contributed by atoms with van der Waals surface area (Å²) in [6, 6.07) is 6.36. The van der Waals surface area contributed by atoms with Crippen molar-refractivity contribution in [2.24, 2.45) is 0 Å². The summed E-state index contributed by atoms with van der Waals surface area (Å²) in [5, 5.41) is 21.5. The summed E-state index contributed by atoms with van der Waals surface area (Å²) >= 11 is 0. The maximum absolute atomic E-state index is 12.6. The van der Waals surface area contributed by atoms with Gasteiger partial charge in [-0.3, -0.25) is 24.0 Å².